The average Bonchev–Trinajstić information content (AvgIpc) is 3.30. The summed E-state index contributed by atoms with van der Waals surface area (Å²) < 4.78 is 5.44. The molecule has 0 aromatic carbocycles. The van der Waals surface area contributed by atoms with Crippen LogP contribution in [0.1, 0.15) is 46.0 Å². The largest absolute Gasteiger partial charge is 0.461 e. The first kappa shape index (κ1) is 27.4. The van der Waals surface area contributed by atoms with E-state index in [9.17, 15) is 19.2 Å². The highest BCUT2D eigenvalue weighted by atomic mass is 16.5. The Bertz CT molecular complexity index is 675. The van der Waals surface area contributed by atoms with Gasteiger partial charge in [-0.05, 0) is 39.5 Å². The molecule has 4 atom stereocenters. The Morgan fingerprint density at radius 1 is 1.06 bits per heavy atom. The number of carbonyl (C=O) groups excluding carboxylic acids is 4. The summed E-state index contributed by atoms with van der Waals surface area (Å²) in [4.78, 5) is 51.5. The molecule has 0 aromatic rings. The molecule has 1 aliphatic heterocycles. The van der Waals surface area contributed by atoms with Crippen molar-refractivity contribution in [3.8, 4) is 0 Å². The second-order valence-electron chi connectivity index (χ2n) is 8.18. The van der Waals surface area contributed by atoms with Gasteiger partial charge in [0.25, 0.3) is 0 Å². The average molecular weight is 452 g/mol. The molecule has 9 heteroatoms. The van der Waals surface area contributed by atoms with Crippen molar-refractivity contribution in [3.05, 3.63) is 25.3 Å². The molecule has 0 spiro atoms. The lowest BCUT2D eigenvalue weighted by Crippen LogP contribution is -2.46. The van der Waals surface area contributed by atoms with Gasteiger partial charge in [-0.15, -0.1) is 13.2 Å². The monoisotopic (exact) mass is 451 g/mol. The fourth-order valence-corrected chi connectivity index (χ4v) is 3.36. The normalized spacial score (nSPS) is 16.9. The quantitative estimate of drug-likeness (QED) is 0.205. The van der Waals surface area contributed by atoms with E-state index in [2.05, 4.69) is 23.8 Å². The Morgan fingerprint density at radius 3 is 2.25 bits per heavy atom. The third-order valence-corrected chi connectivity index (χ3v) is 5.24. The van der Waals surface area contributed by atoms with Gasteiger partial charge in [0.2, 0.25) is 17.7 Å². The molecular formula is C23H37N3O6. The van der Waals surface area contributed by atoms with Crippen LogP contribution in [0.3, 0.4) is 0 Å². The number of likely N-dealkylation sites (tertiary alicyclic amines) is 1. The zero-order chi connectivity index (χ0) is 24.1. The Balaban J connectivity index is 2.58. The number of ether oxygens (including phenoxy) is 1. The summed E-state index contributed by atoms with van der Waals surface area (Å²) in [6.45, 7) is 11.7. The van der Waals surface area contributed by atoms with E-state index in [4.69, 9.17) is 9.84 Å². The van der Waals surface area contributed by atoms with Gasteiger partial charge in [0.15, 0.2) is 0 Å². The summed E-state index contributed by atoms with van der Waals surface area (Å²) in [6.07, 6.45) is 4.87. The van der Waals surface area contributed by atoms with E-state index in [1.165, 1.54) is 6.08 Å². The summed E-state index contributed by atoms with van der Waals surface area (Å²) >= 11 is 0. The molecule has 32 heavy (non-hydrogen) atoms. The van der Waals surface area contributed by atoms with Crippen molar-refractivity contribution in [1.29, 1.82) is 0 Å². The number of carbonyl (C=O) groups is 4. The molecule has 1 rings (SSSR count). The van der Waals surface area contributed by atoms with E-state index in [-0.39, 0.29) is 31.9 Å². The number of hydrogen-bond donors (Lipinski definition) is 3. The summed E-state index contributed by atoms with van der Waals surface area (Å²) in [5.74, 6) is -3.25. The lowest BCUT2D eigenvalue weighted by molar-refractivity contribution is -0.156. The molecule has 3 N–H and O–H groups in total. The summed E-state index contributed by atoms with van der Waals surface area (Å²) in [7, 11) is 0. The van der Waals surface area contributed by atoms with Crippen molar-refractivity contribution in [3.63, 3.8) is 0 Å². The first-order valence-corrected chi connectivity index (χ1v) is 11.1. The molecule has 0 bridgehead atoms. The zero-order valence-electron chi connectivity index (χ0n) is 19.2. The number of aliphatic hydroxyl groups excluding tert-OH is 1. The molecule has 1 fully saturated rings. The second kappa shape index (κ2) is 14.4. The van der Waals surface area contributed by atoms with Gasteiger partial charge in [-0.3, -0.25) is 19.2 Å². The van der Waals surface area contributed by atoms with Crippen LogP contribution in [0.2, 0.25) is 0 Å². The van der Waals surface area contributed by atoms with Gasteiger partial charge >= 0.3 is 5.97 Å². The summed E-state index contributed by atoms with van der Waals surface area (Å²) in [5.41, 5.74) is 0. The number of nitrogens with zero attached hydrogens (tertiary/aromatic N) is 1. The molecule has 9 nitrogen and oxygen atoms in total. The number of nitrogens with one attached hydrogen (secondary N) is 2. The minimum Gasteiger partial charge on any atom is -0.461 e. The van der Waals surface area contributed by atoms with Crippen molar-refractivity contribution >= 4 is 23.7 Å². The van der Waals surface area contributed by atoms with Crippen LogP contribution in [-0.2, 0) is 23.9 Å². The minimum absolute atomic E-state index is 0.0158. The van der Waals surface area contributed by atoms with Crippen molar-refractivity contribution in [1.82, 2.24) is 15.5 Å². The molecular weight excluding hydrogens is 414 g/mol. The molecule has 1 heterocycles. The second-order valence-corrected chi connectivity index (χ2v) is 8.18. The van der Waals surface area contributed by atoms with E-state index in [1.54, 1.807) is 24.8 Å². The number of allylic oxidation sites excluding steroid dienone is 2. The lowest BCUT2D eigenvalue weighted by Gasteiger charge is -2.22. The van der Waals surface area contributed by atoms with Crippen LogP contribution in [0, 0.1) is 11.8 Å². The maximum absolute atomic E-state index is 12.6. The highest BCUT2D eigenvalue weighted by Gasteiger charge is 2.29. The number of rotatable bonds is 14. The van der Waals surface area contributed by atoms with Gasteiger partial charge < -0.3 is 25.4 Å². The number of aliphatic hydroxyl groups is 1. The molecule has 0 aliphatic carbocycles. The van der Waals surface area contributed by atoms with E-state index in [0.717, 1.165) is 12.8 Å². The first-order chi connectivity index (χ1) is 15.2. The number of amides is 3. The maximum Gasteiger partial charge on any atom is 0.310 e. The first-order valence-electron chi connectivity index (χ1n) is 11.1. The molecule has 1 saturated heterocycles. The van der Waals surface area contributed by atoms with Gasteiger partial charge in [-0.2, -0.15) is 0 Å². The Labute approximate surface area is 190 Å². The third kappa shape index (κ3) is 9.21. The van der Waals surface area contributed by atoms with Crippen LogP contribution < -0.4 is 10.6 Å². The predicted molar refractivity (Wildman–Crippen MR) is 120 cm³/mol. The van der Waals surface area contributed by atoms with E-state index >= 15 is 0 Å². The van der Waals surface area contributed by atoms with Crippen LogP contribution in [0.25, 0.3) is 0 Å². The fourth-order valence-electron chi connectivity index (χ4n) is 3.36. The lowest BCUT2D eigenvalue weighted by atomic mass is 10.0. The van der Waals surface area contributed by atoms with Crippen molar-refractivity contribution < 1.29 is 29.0 Å². The topological polar surface area (TPSA) is 125 Å². The Morgan fingerprint density at radius 2 is 1.69 bits per heavy atom. The Hall–Kier alpha value is -2.68. The van der Waals surface area contributed by atoms with E-state index in [1.807, 2.05) is 0 Å². The van der Waals surface area contributed by atoms with Crippen molar-refractivity contribution in [2.75, 3.05) is 26.2 Å². The SMILES string of the molecule is C=CCC(C(=O)NC[C@H](C)OC(=O)[C@@H](CC=C)CC(=O)N1CCCC1)C(=O)N[C@H](C)CO. The fraction of sp³-hybridized carbons (Fsp3) is 0.652. The summed E-state index contributed by atoms with van der Waals surface area (Å²) in [6, 6.07) is -0.479. The number of esters is 1. The molecule has 0 aromatic heterocycles. The van der Waals surface area contributed by atoms with E-state index in [0.29, 0.717) is 19.5 Å². The summed E-state index contributed by atoms with van der Waals surface area (Å²) in [5, 5.41) is 14.3. The molecule has 1 aliphatic rings. The standard InChI is InChI=1S/C23H37N3O6/c1-5-9-18(13-20(28)26-11-7-8-12-26)23(31)32-17(4)14-24-21(29)19(10-6-2)22(30)25-16(3)15-27/h5-6,16-19,27H,1-2,7-15H2,3-4H3,(H,24,29)(H,25,30)/t16-,17+,18+,19?/m1/s1. The molecule has 0 saturated carbocycles. The third-order valence-electron chi connectivity index (χ3n) is 5.24. The molecule has 3 amide bonds. The van der Waals surface area contributed by atoms with Gasteiger partial charge in [-0.25, -0.2) is 0 Å². The van der Waals surface area contributed by atoms with Crippen LogP contribution in [-0.4, -0.2) is 72.1 Å². The van der Waals surface area contributed by atoms with Crippen LogP contribution >= 0.6 is 0 Å². The van der Waals surface area contributed by atoms with E-state index < -0.39 is 41.8 Å². The highest BCUT2D eigenvalue weighted by Crippen LogP contribution is 2.17. The minimum atomic E-state index is -1.00. The van der Waals surface area contributed by atoms with Crippen LogP contribution in [0.15, 0.2) is 25.3 Å². The molecule has 180 valence electrons. The van der Waals surface area contributed by atoms with Gasteiger partial charge in [0.05, 0.1) is 19.1 Å². The smallest absolute Gasteiger partial charge is 0.310 e. The van der Waals surface area contributed by atoms with Crippen molar-refractivity contribution in [2.45, 2.75) is 58.1 Å². The van der Waals surface area contributed by atoms with Crippen LogP contribution in [0.4, 0.5) is 0 Å². The van der Waals surface area contributed by atoms with Crippen molar-refractivity contribution in [2.24, 2.45) is 11.8 Å². The maximum atomic E-state index is 12.6. The zero-order valence-corrected chi connectivity index (χ0v) is 19.2. The predicted octanol–water partition coefficient (Wildman–Crippen LogP) is 0.928. The molecule has 1 unspecified atom stereocenters. The van der Waals surface area contributed by atoms with Gasteiger partial charge in [0, 0.05) is 25.6 Å². The number of hydrogen-bond acceptors (Lipinski definition) is 6. The molecule has 0 radical (unpaired) electrons. The van der Waals surface area contributed by atoms with Gasteiger partial charge in [-0.1, -0.05) is 12.2 Å². The highest BCUT2D eigenvalue weighted by molar-refractivity contribution is 6.00. The Kier molecular flexibility index (Phi) is 12.3. The van der Waals surface area contributed by atoms with Gasteiger partial charge in [0.1, 0.15) is 12.0 Å². The van der Waals surface area contributed by atoms with Crippen LogP contribution in [0.5, 0.6) is 0 Å².